The van der Waals surface area contributed by atoms with Crippen molar-refractivity contribution < 1.29 is 14.3 Å². The Labute approximate surface area is 98.9 Å². The highest BCUT2D eigenvalue weighted by atomic mass is 19.1. The van der Waals surface area contributed by atoms with Crippen LogP contribution in [-0.2, 0) is 0 Å². The van der Waals surface area contributed by atoms with Gasteiger partial charge in [0.25, 0.3) is 0 Å². The van der Waals surface area contributed by atoms with Crippen molar-refractivity contribution in [3.8, 4) is 0 Å². The number of hydrogen-bond donors (Lipinski definition) is 2. The molecular weight excluding hydrogens is 223 g/mol. The van der Waals surface area contributed by atoms with Crippen LogP contribution in [0.5, 0.6) is 0 Å². The number of anilines is 1. The Morgan fingerprint density at radius 3 is 2.88 bits per heavy atom. The number of carboxylic acid groups (broad SMARTS) is 1. The predicted octanol–water partition coefficient (Wildman–Crippen LogP) is 2.52. The number of carbonyl (C=O) groups is 1. The van der Waals surface area contributed by atoms with Crippen molar-refractivity contribution in [2.45, 2.75) is 25.7 Å². The third-order valence-corrected chi connectivity index (χ3v) is 3.15. The van der Waals surface area contributed by atoms with E-state index in [-0.39, 0.29) is 11.4 Å². The molecule has 0 atom stereocenters. The second kappa shape index (κ2) is 5.12. The molecule has 5 heteroatoms. The molecule has 2 rings (SSSR count). The van der Waals surface area contributed by atoms with Crippen molar-refractivity contribution in [2.75, 3.05) is 11.9 Å². The summed E-state index contributed by atoms with van der Waals surface area (Å²) in [5.74, 6) is -1.46. The van der Waals surface area contributed by atoms with E-state index in [1.807, 2.05) is 0 Å². The summed E-state index contributed by atoms with van der Waals surface area (Å²) in [6.45, 7) is 0.660. The molecule has 1 aromatic heterocycles. The fourth-order valence-corrected chi connectivity index (χ4v) is 2.19. The molecule has 1 aromatic rings. The minimum atomic E-state index is -1.27. The standard InChI is InChI=1S/C12H15FN2O2/c13-10-9(12(16)17)5-6-14-11(10)15-7-8-3-1-2-4-8/h5-6,8H,1-4,7H2,(H,14,15)(H,16,17). The van der Waals surface area contributed by atoms with Gasteiger partial charge in [0, 0.05) is 12.7 Å². The first kappa shape index (κ1) is 11.8. The van der Waals surface area contributed by atoms with Crippen LogP contribution >= 0.6 is 0 Å². The molecule has 0 aromatic carbocycles. The van der Waals surface area contributed by atoms with Crippen LogP contribution in [0, 0.1) is 11.7 Å². The summed E-state index contributed by atoms with van der Waals surface area (Å²) in [5.41, 5.74) is -0.339. The fourth-order valence-electron chi connectivity index (χ4n) is 2.19. The number of hydrogen-bond acceptors (Lipinski definition) is 3. The van der Waals surface area contributed by atoms with Gasteiger partial charge in [0.2, 0.25) is 0 Å². The first-order chi connectivity index (χ1) is 8.18. The molecule has 1 aliphatic rings. The lowest BCUT2D eigenvalue weighted by molar-refractivity contribution is 0.0692. The molecule has 1 heterocycles. The van der Waals surface area contributed by atoms with Crippen LogP contribution in [0.25, 0.3) is 0 Å². The lowest BCUT2D eigenvalue weighted by atomic mass is 10.1. The van der Waals surface area contributed by atoms with Gasteiger partial charge in [-0.15, -0.1) is 0 Å². The van der Waals surface area contributed by atoms with Crippen LogP contribution in [0.2, 0.25) is 0 Å². The minimum absolute atomic E-state index is 0.0387. The van der Waals surface area contributed by atoms with Gasteiger partial charge in [0.15, 0.2) is 11.6 Å². The van der Waals surface area contributed by atoms with Gasteiger partial charge >= 0.3 is 5.97 Å². The highest BCUT2D eigenvalue weighted by Crippen LogP contribution is 2.25. The predicted molar refractivity (Wildman–Crippen MR) is 61.6 cm³/mol. The largest absolute Gasteiger partial charge is 0.478 e. The lowest BCUT2D eigenvalue weighted by Crippen LogP contribution is -2.14. The number of rotatable bonds is 4. The van der Waals surface area contributed by atoms with Crippen molar-refractivity contribution in [3.05, 3.63) is 23.6 Å². The zero-order valence-corrected chi connectivity index (χ0v) is 9.45. The number of aromatic carboxylic acids is 1. The summed E-state index contributed by atoms with van der Waals surface area (Å²) in [5, 5.41) is 11.7. The molecule has 4 nitrogen and oxygen atoms in total. The van der Waals surface area contributed by atoms with Crippen LogP contribution in [-0.4, -0.2) is 22.6 Å². The fraction of sp³-hybridized carbons (Fsp3) is 0.500. The van der Waals surface area contributed by atoms with E-state index in [9.17, 15) is 9.18 Å². The summed E-state index contributed by atoms with van der Waals surface area (Å²) in [4.78, 5) is 14.6. The van der Waals surface area contributed by atoms with Crippen LogP contribution < -0.4 is 5.32 Å². The van der Waals surface area contributed by atoms with E-state index in [1.54, 1.807) is 0 Å². The summed E-state index contributed by atoms with van der Waals surface area (Å²) in [6, 6.07) is 1.17. The van der Waals surface area contributed by atoms with Crippen LogP contribution in [0.1, 0.15) is 36.0 Å². The number of pyridine rings is 1. The molecule has 92 valence electrons. The zero-order valence-electron chi connectivity index (χ0n) is 9.45. The Kier molecular flexibility index (Phi) is 3.56. The van der Waals surface area contributed by atoms with E-state index in [0.717, 1.165) is 12.8 Å². The Morgan fingerprint density at radius 1 is 1.53 bits per heavy atom. The molecule has 0 unspecified atom stereocenters. The Balaban J connectivity index is 2.04. The topological polar surface area (TPSA) is 62.2 Å². The molecule has 1 aliphatic carbocycles. The molecule has 1 fully saturated rings. The summed E-state index contributed by atoms with van der Waals surface area (Å²) in [6.07, 6.45) is 6.04. The van der Waals surface area contributed by atoms with E-state index in [4.69, 9.17) is 5.11 Å². The van der Waals surface area contributed by atoms with Gasteiger partial charge in [-0.25, -0.2) is 14.2 Å². The second-order valence-electron chi connectivity index (χ2n) is 4.36. The molecule has 0 spiro atoms. The van der Waals surface area contributed by atoms with Gasteiger partial charge in [0.05, 0.1) is 0 Å². The van der Waals surface area contributed by atoms with Gasteiger partial charge in [0.1, 0.15) is 5.56 Å². The van der Waals surface area contributed by atoms with E-state index in [0.29, 0.717) is 12.5 Å². The molecule has 0 radical (unpaired) electrons. The van der Waals surface area contributed by atoms with Crippen LogP contribution in [0.15, 0.2) is 12.3 Å². The van der Waals surface area contributed by atoms with Crippen LogP contribution in [0.4, 0.5) is 10.2 Å². The normalized spacial score (nSPS) is 16.1. The molecule has 17 heavy (non-hydrogen) atoms. The van der Waals surface area contributed by atoms with E-state index < -0.39 is 11.8 Å². The summed E-state index contributed by atoms with van der Waals surface area (Å²) < 4.78 is 13.7. The first-order valence-corrected chi connectivity index (χ1v) is 5.80. The van der Waals surface area contributed by atoms with Crippen molar-refractivity contribution in [3.63, 3.8) is 0 Å². The summed E-state index contributed by atoms with van der Waals surface area (Å²) >= 11 is 0. The monoisotopic (exact) mass is 238 g/mol. The second-order valence-corrected chi connectivity index (χ2v) is 4.36. The van der Waals surface area contributed by atoms with E-state index in [1.165, 1.54) is 25.1 Å². The molecule has 2 N–H and O–H groups in total. The molecule has 0 amide bonds. The lowest BCUT2D eigenvalue weighted by Gasteiger charge is -2.12. The van der Waals surface area contributed by atoms with Gasteiger partial charge in [-0.1, -0.05) is 12.8 Å². The number of aromatic nitrogens is 1. The highest BCUT2D eigenvalue weighted by molar-refractivity contribution is 5.88. The minimum Gasteiger partial charge on any atom is -0.478 e. The SMILES string of the molecule is O=C(O)c1ccnc(NCC2CCCC2)c1F. The Bertz CT molecular complexity index is 417. The van der Waals surface area contributed by atoms with E-state index in [2.05, 4.69) is 10.3 Å². The average Bonchev–Trinajstić information content (AvgIpc) is 2.80. The van der Waals surface area contributed by atoms with Crippen molar-refractivity contribution in [1.82, 2.24) is 4.98 Å². The molecular formula is C12H15FN2O2. The van der Waals surface area contributed by atoms with Crippen molar-refractivity contribution >= 4 is 11.8 Å². The van der Waals surface area contributed by atoms with E-state index >= 15 is 0 Å². The maximum absolute atomic E-state index is 13.7. The first-order valence-electron chi connectivity index (χ1n) is 5.80. The molecule has 1 saturated carbocycles. The van der Waals surface area contributed by atoms with Crippen molar-refractivity contribution in [2.24, 2.45) is 5.92 Å². The third-order valence-electron chi connectivity index (χ3n) is 3.15. The summed E-state index contributed by atoms with van der Waals surface area (Å²) in [7, 11) is 0. The molecule has 0 bridgehead atoms. The zero-order chi connectivity index (χ0) is 12.3. The quantitative estimate of drug-likeness (QED) is 0.846. The van der Waals surface area contributed by atoms with Gasteiger partial charge < -0.3 is 10.4 Å². The van der Waals surface area contributed by atoms with Gasteiger partial charge in [-0.2, -0.15) is 0 Å². The Morgan fingerprint density at radius 2 is 2.24 bits per heavy atom. The number of nitrogens with zero attached hydrogens (tertiary/aromatic N) is 1. The molecule has 0 saturated heterocycles. The number of halogens is 1. The number of carboxylic acids is 1. The highest BCUT2D eigenvalue weighted by Gasteiger charge is 2.18. The average molecular weight is 238 g/mol. The maximum atomic E-state index is 13.7. The number of nitrogens with one attached hydrogen (secondary N) is 1. The smallest absolute Gasteiger partial charge is 0.338 e. The van der Waals surface area contributed by atoms with Crippen molar-refractivity contribution in [1.29, 1.82) is 0 Å². The van der Waals surface area contributed by atoms with Crippen LogP contribution in [0.3, 0.4) is 0 Å². The Hall–Kier alpha value is -1.65. The van der Waals surface area contributed by atoms with Gasteiger partial charge in [-0.3, -0.25) is 0 Å². The van der Waals surface area contributed by atoms with Gasteiger partial charge in [-0.05, 0) is 24.8 Å². The third kappa shape index (κ3) is 2.72. The maximum Gasteiger partial charge on any atom is 0.338 e. The molecule has 0 aliphatic heterocycles.